The van der Waals surface area contributed by atoms with Gasteiger partial charge in [0, 0.05) is 20.0 Å². The van der Waals surface area contributed by atoms with Crippen molar-refractivity contribution < 1.29 is 23.8 Å². The molecule has 0 aliphatic heterocycles. The molecule has 2 rings (SSSR count). The third kappa shape index (κ3) is 5.64. The summed E-state index contributed by atoms with van der Waals surface area (Å²) in [7, 11) is 3.09. The molecule has 2 aromatic carbocycles. The molecule has 0 saturated heterocycles. The number of carbonyl (C=O) groups excluding carboxylic acids is 2. The van der Waals surface area contributed by atoms with Crippen molar-refractivity contribution in [1.82, 2.24) is 5.32 Å². The Labute approximate surface area is 158 Å². The van der Waals surface area contributed by atoms with Gasteiger partial charge < -0.3 is 24.4 Å². The number of methoxy groups -OCH3 is 2. The summed E-state index contributed by atoms with van der Waals surface area (Å²) < 4.78 is 16.0. The summed E-state index contributed by atoms with van der Waals surface area (Å²) in [6.07, 6.45) is 0. The van der Waals surface area contributed by atoms with Crippen LogP contribution in [0, 0.1) is 0 Å². The quantitative estimate of drug-likeness (QED) is 0.731. The lowest BCUT2D eigenvalue weighted by atomic mass is 10.2. The number of nitrogens with zero attached hydrogens (tertiary/aromatic N) is 1. The number of hydrogen-bond donors (Lipinski definition) is 1. The topological polar surface area (TPSA) is 77.1 Å². The lowest BCUT2D eigenvalue weighted by Gasteiger charge is -2.23. The highest BCUT2D eigenvalue weighted by Gasteiger charge is 2.16. The first-order valence-electron chi connectivity index (χ1n) is 8.50. The van der Waals surface area contributed by atoms with Crippen LogP contribution in [0.2, 0.25) is 0 Å². The van der Waals surface area contributed by atoms with E-state index in [1.54, 1.807) is 42.3 Å². The molecule has 0 aromatic heterocycles. The number of para-hydroxylation sites is 4. The molecule has 27 heavy (non-hydrogen) atoms. The Kier molecular flexibility index (Phi) is 7.49. The monoisotopic (exact) mass is 372 g/mol. The zero-order valence-corrected chi connectivity index (χ0v) is 15.7. The fraction of sp³-hybridized carbons (Fsp3) is 0.300. The lowest BCUT2D eigenvalue weighted by Crippen LogP contribution is -2.39. The van der Waals surface area contributed by atoms with Gasteiger partial charge in [0.25, 0.3) is 5.91 Å². The number of ether oxygens (including phenoxy) is 3. The van der Waals surface area contributed by atoms with Crippen LogP contribution in [0.15, 0.2) is 48.5 Å². The van der Waals surface area contributed by atoms with Gasteiger partial charge in [-0.1, -0.05) is 24.3 Å². The fourth-order valence-electron chi connectivity index (χ4n) is 2.54. The zero-order chi connectivity index (χ0) is 19.6. The lowest BCUT2D eigenvalue weighted by molar-refractivity contribution is -0.123. The van der Waals surface area contributed by atoms with E-state index in [1.807, 2.05) is 18.2 Å². The highest BCUT2D eigenvalue weighted by molar-refractivity contribution is 5.93. The SMILES string of the molecule is COc1ccccc1OCC(=O)NCCN(C(C)=O)c1ccccc1OC. The molecule has 0 unspecified atom stereocenters. The van der Waals surface area contributed by atoms with E-state index in [0.29, 0.717) is 29.5 Å². The van der Waals surface area contributed by atoms with Crippen molar-refractivity contribution in [3.8, 4) is 17.2 Å². The molecule has 0 bridgehead atoms. The van der Waals surface area contributed by atoms with Crippen LogP contribution in [-0.4, -0.2) is 45.7 Å². The summed E-state index contributed by atoms with van der Waals surface area (Å²) in [5.41, 5.74) is 0.659. The molecule has 0 heterocycles. The van der Waals surface area contributed by atoms with Crippen molar-refractivity contribution in [1.29, 1.82) is 0 Å². The third-order valence-electron chi connectivity index (χ3n) is 3.84. The van der Waals surface area contributed by atoms with Gasteiger partial charge in [0.2, 0.25) is 5.91 Å². The predicted octanol–water partition coefficient (Wildman–Crippen LogP) is 2.25. The first-order valence-corrected chi connectivity index (χ1v) is 8.50. The number of rotatable bonds is 9. The maximum absolute atomic E-state index is 12.0. The second kappa shape index (κ2) is 10.1. The highest BCUT2D eigenvalue weighted by atomic mass is 16.5. The first kappa shape index (κ1) is 20.1. The van der Waals surface area contributed by atoms with E-state index in [2.05, 4.69) is 5.32 Å². The van der Waals surface area contributed by atoms with Gasteiger partial charge in [-0.2, -0.15) is 0 Å². The van der Waals surface area contributed by atoms with Crippen LogP contribution < -0.4 is 24.4 Å². The van der Waals surface area contributed by atoms with Gasteiger partial charge in [-0.3, -0.25) is 9.59 Å². The Balaban J connectivity index is 1.87. The Morgan fingerprint density at radius 2 is 1.52 bits per heavy atom. The molecule has 0 saturated carbocycles. The van der Waals surface area contributed by atoms with Crippen LogP contribution in [-0.2, 0) is 9.59 Å². The van der Waals surface area contributed by atoms with Crippen molar-refractivity contribution in [2.75, 3.05) is 38.8 Å². The second-order valence-corrected chi connectivity index (χ2v) is 5.63. The first-order chi connectivity index (χ1) is 13.1. The standard InChI is InChI=1S/C20H24N2O5/c1-15(23)22(16-8-4-5-9-17(16)25-2)13-12-21-20(24)14-27-19-11-7-6-10-18(19)26-3/h4-11H,12-14H2,1-3H3,(H,21,24). The van der Waals surface area contributed by atoms with Gasteiger partial charge >= 0.3 is 0 Å². The largest absolute Gasteiger partial charge is 0.495 e. The Morgan fingerprint density at radius 3 is 2.15 bits per heavy atom. The second-order valence-electron chi connectivity index (χ2n) is 5.63. The summed E-state index contributed by atoms with van der Waals surface area (Å²) in [6, 6.07) is 14.3. The summed E-state index contributed by atoms with van der Waals surface area (Å²) in [4.78, 5) is 25.6. The van der Waals surface area contributed by atoms with Crippen molar-refractivity contribution in [3.63, 3.8) is 0 Å². The number of benzene rings is 2. The summed E-state index contributed by atoms with van der Waals surface area (Å²) in [5, 5.41) is 2.74. The van der Waals surface area contributed by atoms with E-state index in [-0.39, 0.29) is 25.0 Å². The van der Waals surface area contributed by atoms with Crippen LogP contribution in [0.5, 0.6) is 17.2 Å². The summed E-state index contributed by atoms with van der Waals surface area (Å²) in [6.45, 7) is 1.93. The predicted molar refractivity (Wildman–Crippen MR) is 103 cm³/mol. The maximum Gasteiger partial charge on any atom is 0.258 e. The van der Waals surface area contributed by atoms with Crippen molar-refractivity contribution in [3.05, 3.63) is 48.5 Å². The average Bonchev–Trinajstić information content (AvgIpc) is 2.69. The number of amides is 2. The molecule has 7 nitrogen and oxygen atoms in total. The maximum atomic E-state index is 12.0. The van der Waals surface area contributed by atoms with Crippen LogP contribution in [0.4, 0.5) is 5.69 Å². The minimum Gasteiger partial charge on any atom is -0.495 e. The molecular weight excluding hydrogens is 348 g/mol. The van der Waals surface area contributed by atoms with Crippen LogP contribution in [0.1, 0.15) is 6.92 Å². The fourth-order valence-corrected chi connectivity index (χ4v) is 2.54. The Hall–Kier alpha value is -3.22. The normalized spacial score (nSPS) is 10.0. The third-order valence-corrected chi connectivity index (χ3v) is 3.84. The van der Waals surface area contributed by atoms with Crippen LogP contribution in [0.25, 0.3) is 0 Å². The molecule has 144 valence electrons. The van der Waals surface area contributed by atoms with Crippen LogP contribution >= 0.6 is 0 Å². The number of hydrogen-bond acceptors (Lipinski definition) is 5. The average molecular weight is 372 g/mol. The number of nitrogens with one attached hydrogen (secondary N) is 1. The van der Waals surface area contributed by atoms with Crippen molar-refractivity contribution in [2.45, 2.75) is 6.92 Å². The molecule has 2 amide bonds. The van der Waals surface area contributed by atoms with Crippen molar-refractivity contribution in [2.24, 2.45) is 0 Å². The summed E-state index contributed by atoms with van der Waals surface area (Å²) >= 11 is 0. The zero-order valence-electron chi connectivity index (χ0n) is 15.7. The number of anilines is 1. The van der Waals surface area contributed by atoms with E-state index in [1.165, 1.54) is 14.0 Å². The summed E-state index contributed by atoms with van der Waals surface area (Å²) in [5.74, 6) is 1.22. The minimum absolute atomic E-state index is 0.140. The van der Waals surface area contributed by atoms with Gasteiger partial charge in [0.1, 0.15) is 5.75 Å². The number of carbonyl (C=O) groups is 2. The molecule has 0 fully saturated rings. The Bertz CT molecular complexity index is 778. The van der Waals surface area contributed by atoms with E-state index in [9.17, 15) is 9.59 Å². The van der Waals surface area contributed by atoms with Crippen molar-refractivity contribution >= 4 is 17.5 Å². The van der Waals surface area contributed by atoms with Gasteiger partial charge in [-0.15, -0.1) is 0 Å². The van der Waals surface area contributed by atoms with Crippen LogP contribution in [0.3, 0.4) is 0 Å². The molecule has 0 radical (unpaired) electrons. The molecule has 0 atom stereocenters. The smallest absolute Gasteiger partial charge is 0.258 e. The minimum atomic E-state index is -0.288. The molecule has 1 N–H and O–H groups in total. The molecule has 0 spiro atoms. The van der Waals surface area contributed by atoms with Gasteiger partial charge in [0.05, 0.1) is 19.9 Å². The molecule has 7 heteroatoms. The molecular formula is C20H24N2O5. The molecule has 0 aliphatic carbocycles. The van der Waals surface area contributed by atoms with Gasteiger partial charge in [-0.05, 0) is 24.3 Å². The van der Waals surface area contributed by atoms with E-state index < -0.39 is 0 Å². The molecule has 2 aromatic rings. The molecule has 0 aliphatic rings. The van der Waals surface area contributed by atoms with E-state index >= 15 is 0 Å². The highest BCUT2D eigenvalue weighted by Crippen LogP contribution is 2.27. The van der Waals surface area contributed by atoms with Gasteiger partial charge in [0.15, 0.2) is 18.1 Å². The van der Waals surface area contributed by atoms with E-state index in [4.69, 9.17) is 14.2 Å². The Morgan fingerprint density at radius 1 is 0.926 bits per heavy atom. The van der Waals surface area contributed by atoms with Gasteiger partial charge in [-0.25, -0.2) is 0 Å². The van der Waals surface area contributed by atoms with E-state index in [0.717, 1.165) is 0 Å².